The number of halogens is 1. The van der Waals surface area contributed by atoms with E-state index in [4.69, 9.17) is 11.6 Å². The molecule has 7 nitrogen and oxygen atoms in total. The van der Waals surface area contributed by atoms with Gasteiger partial charge in [0.25, 0.3) is 5.91 Å². The molecule has 24 heavy (non-hydrogen) atoms. The van der Waals surface area contributed by atoms with E-state index in [1.54, 1.807) is 35.0 Å². The van der Waals surface area contributed by atoms with Crippen molar-refractivity contribution in [3.8, 4) is 11.3 Å². The number of carbonyl (C=O) groups is 1. The molecule has 3 aromatic rings. The Hall–Kier alpha value is -2.67. The third-order valence-corrected chi connectivity index (χ3v) is 3.84. The number of amides is 1. The molecule has 1 amide bonds. The van der Waals surface area contributed by atoms with Crippen LogP contribution in [0.25, 0.3) is 11.3 Å². The van der Waals surface area contributed by atoms with Gasteiger partial charge in [-0.15, -0.1) is 0 Å². The van der Waals surface area contributed by atoms with Gasteiger partial charge >= 0.3 is 0 Å². The lowest BCUT2D eigenvalue weighted by molar-refractivity contribution is 0.0936. The van der Waals surface area contributed by atoms with Gasteiger partial charge in [-0.1, -0.05) is 29.8 Å². The summed E-state index contributed by atoms with van der Waals surface area (Å²) in [5.41, 5.74) is 1.78. The largest absolute Gasteiger partial charge is 0.348 e. The SMILES string of the molecule is C[C@H](Cn1cncn1)NC(=O)c1cn(C)nc1-c1ccccc1Cl. The molecule has 0 spiro atoms. The van der Waals surface area contributed by atoms with Crippen LogP contribution >= 0.6 is 11.6 Å². The normalized spacial score (nSPS) is 12.1. The molecule has 1 atom stereocenters. The number of nitrogens with one attached hydrogen (secondary N) is 1. The number of aryl methyl sites for hydroxylation is 1. The minimum atomic E-state index is -0.203. The van der Waals surface area contributed by atoms with Gasteiger partial charge in [-0.25, -0.2) is 4.98 Å². The van der Waals surface area contributed by atoms with E-state index >= 15 is 0 Å². The average molecular weight is 345 g/mol. The minimum absolute atomic E-state index is 0.112. The quantitative estimate of drug-likeness (QED) is 0.769. The zero-order valence-electron chi connectivity index (χ0n) is 13.3. The highest BCUT2D eigenvalue weighted by Gasteiger charge is 2.20. The van der Waals surface area contributed by atoms with E-state index in [9.17, 15) is 4.79 Å². The number of benzene rings is 1. The Morgan fingerprint density at radius 2 is 2.17 bits per heavy atom. The van der Waals surface area contributed by atoms with Crippen molar-refractivity contribution in [3.05, 3.63) is 53.7 Å². The molecule has 124 valence electrons. The molecule has 3 rings (SSSR count). The first-order chi connectivity index (χ1) is 11.5. The Bertz CT molecular complexity index is 842. The third kappa shape index (κ3) is 3.46. The summed E-state index contributed by atoms with van der Waals surface area (Å²) in [5, 5.41) is 11.9. The van der Waals surface area contributed by atoms with Crippen molar-refractivity contribution >= 4 is 17.5 Å². The highest BCUT2D eigenvalue weighted by Crippen LogP contribution is 2.28. The van der Waals surface area contributed by atoms with Crippen molar-refractivity contribution in [3.63, 3.8) is 0 Å². The summed E-state index contributed by atoms with van der Waals surface area (Å²) in [5.74, 6) is -0.203. The predicted molar refractivity (Wildman–Crippen MR) is 90.6 cm³/mol. The maximum absolute atomic E-state index is 12.6. The number of aromatic nitrogens is 5. The van der Waals surface area contributed by atoms with Crippen molar-refractivity contribution < 1.29 is 4.79 Å². The van der Waals surface area contributed by atoms with Crippen molar-refractivity contribution in [1.82, 2.24) is 29.9 Å². The van der Waals surface area contributed by atoms with Crippen molar-refractivity contribution in [1.29, 1.82) is 0 Å². The number of hydrogen-bond acceptors (Lipinski definition) is 4. The van der Waals surface area contributed by atoms with E-state index in [0.717, 1.165) is 5.56 Å². The van der Waals surface area contributed by atoms with Crippen LogP contribution in [0.3, 0.4) is 0 Å². The molecule has 0 aliphatic rings. The molecule has 0 radical (unpaired) electrons. The van der Waals surface area contributed by atoms with Gasteiger partial charge in [-0.3, -0.25) is 14.2 Å². The van der Waals surface area contributed by atoms with Crippen LogP contribution in [0.15, 0.2) is 43.1 Å². The first kappa shape index (κ1) is 16.2. The molecule has 0 unspecified atom stereocenters. The minimum Gasteiger partial charge on any atom is -0.348 e. The Balaban J connectivity index is 1.82. The fourth-order valence-corrected chi connectivity index (χ4v) is 2.69. The van der Waals surface area contributed by atoms with E-state index in [-0.39, 0.29) is 11.9 Å². The molecule has 0 fully saturated rings. The van der Waals surface area contributed by atoms with Crippen LogP contribution in [0.5, 0.6) is 0 Å². The molecule has 1 N–H and O–H groups in total. The number of nitrogens with zero attached hydrogens (tertiary/aromatic N) is 5. The summed E-state index contributed by atoms with van der Waals surface area (Å²) in [7, 11) is 1.77. The third-order valence-electron chi connectivity index (χ3n) is 3.51. The lowest BCUT2D eigenvalue weighted by Gasteiger charge is -2.13. The zero-order valence-corrected chi connectivity index (χ0v) is 14.1. The first-order valence-corrected chi connectivity index (χ1v) is 7.84. The van der Waals surface area contributed by atoms with E-state index in [2.05, 4.69) is 20.5 Å². The summed E-state index contributed by atoms with van der Waals surface area (Å²) >= 11 is 6.25. The van der Waals surface area contributed by atoms with Crippen LogP contribution in [-0.2, 0) is 13.6 Å². The molecule has 2 heterocycles. The Morgan fingerprint density at radius 1 is 1.38 bits per heavy atom. The van der Waals surface area contributed by atoms with Crippen LogP contribution in [-0.4, -0.2) is 36.5 Å². The van der Waals surface area contributed by atoms with Gasteiger partial charge in [-0.05, 0) is 13.0 Å². The Morgan fingerprint density at radius 3 is 2.88 bits per heavy atom. The van der Waals surface area contributed by atoms with Gasteiger partial charge in [-0.2, -0.15) is 10.2 Å². The molecule has 0 saturated heterocycles. The van der Waals surface area contributed by atoms with E-state index in [1.165, 1.54) is 6.33 Å². The highest BCUT2D eigenvalue weighted by atomic mass is 35.5. The smallest absolute Gasteiger partial charge is 0.255 e. The molecule has 8 heteroatoms. The maximum Gasteiger partial charge on any atom is 0.255 e. The second-order valence-corrected chi connectivity index (χ2v) is 5.94. The molecule has 0 aliphatic heterocycles. The van der Waals surface area contributed by atoms with Gasteiger partial charge < -0.3 is 5.32 Å². The number of carbonyl (C=O) groups excluding carboxylic acids is 1. The topological polar surface area (TPSA) is 77.6 Å². The fraction of sp³-hybridized carbons (Fsp3) is 0.250. The summed E-state index contributed by atoms with van der Waals surface area (Å²) in [6, 6.07) is 7.22. The summed E-state index contributed by atoms with van der Waals surface area (Å²) in [4.78, 5) is 16.5. The van der Waals surface area contributed by atoms with Crippen LogP contribution in [0.1, 0.15) is 17.3 Å². The first-order valence-electron chi connectivity index (χ1n) is 7.46. The van der Waals surface area contributed by atoms with Crippen molar-refractivity contribution in [2.45, 2.75) is 19.5 Å². The van der Waals surface area contributed by atoms with Gasteiger partial charge in [0.05, 0.1) is 17.1 Å². The van der Waals surface area contributed by atoms with Gasteiger partial charge in [0.15, 0.2) is 0 Å². The Kier molecular flexibility index (Phi) is 4.61. The van der Waals surface area contributed by atoms with Crippen molar-refractivity contribution in [2.75, 3.05) is 0 Å². The van der Waals surface area contributed by atoms with Gasteiger partial charge in [0, 0.05) is 24.8 Å². The van der Waals surface area contributed by atoms with E-state index < -0.39 is 0 Å². The molecule has 0 saturated carbocycles. The lowest BCUT2D eigenvalue weighted by atomic mass is 10.1. The molecule has 0 bridgehead atoms. The van der Waals surface area contributed by atoms with Gasteiger partial charge in [0.2, 0.25) is 0 Å². The second-order valence-electron chi connectivity index (χ2n) is 5.54. The van der Waals surface area contributed by atoms with Gasteiger partial charge in [0.1, 0.15) is 18.3 Å². The van der Waals surface area contributed by atoms with E-state index in [0.29, 0.717) is 22.8 Å². The Labute approximate surface area is 144 Å². The number of hydrogen-bond donors (Lipinski definition) is 1. The second kappa shape index (κ2) is 6.84. The van der Waals surface area contributed by atoms with Crippen LogP contribution < -0.4 is 5.32 Å². The standard InChI is InChI=1S/C16H17ClN6O/c1-11(7-23-10-18-9-19-23)20-16(24)13-8-22(2)21-15(13)12-5-3-4-6-14(12)17/h3-6,8-11H,7H2,1-2H3,(H,20,24)/t11-/m1/s1. The zero-order chi connectivity index (χ0) is 17.1. The van der Waals surface area contributed by atoms with E-state index in [1.807, 2.05) is 25.1 Å². The summed E-state index contributed by atoms with van der Waals surface area (Å²) < 4.78 is 3.28. The monoisotopic (exact) mass is 344 g/mol. The fourth-order valence-electron chi connectivity index (χ4n) is 2.46. The molecule has 0 aliphatic carbocycles. The summed E-state index contributed by atoms with van der Waals surface area (Å²) in [6.07, 6.45) is 4.77. The van der Waals surface area contributed by atoms with Crippen LogP contribution in [0, 0.1) is 0 Å². The van der Waals surface area contributed by atoms with Crippen molar-refractivity contribution in [2.24, 2.45) is 7.05 Å². The molecular weight excluding hydrogens is 328 g/mol. The van der Waals surface area contributed by atoms with Crippen LogP contribution in [0.2, 0.25) is 5.02 Å². The number of rotatable bonds is 5. The molecule has 2 aromatic heterocycles. The molecule has 1 aromatic carbocycles. The lowest BCUT2D eigenvalue weighted by Crippen LogP contribution is -2.35. The highest BCUT2D eigenvalue weighted by molar-refractivity contribution is 6.33. The molecular formula is C16H17ClN6O. The summed E-state index contributed by atoms with van der Waals surface area (Å²) in [6.45, 7) is 2.44. The van der Waals surface area contributed by atoms with Crippen LogP contribution in [0.4, 0.5) is 0 Å². The maximum atomic E-state index is 12.6. The average Bonchev–Trinajstić information content (AvgIpc) is 3.17. The predicted octanol–water partition coefficient (Wildman–Crippen LogP) is 2.15.